The molecule has 0 bridgehead atoms. The van der Waals surface area contributed by atoms with Crippen LogP contribution in [0.1, 0.15) is 6.92 Å². The average Bonchev–Trinajstić information content (AvgIpc) is 2.27. The minimum absolute atomic E-state index is 0.576. The van der Waals surface area contributed by atoms with E-state index < -0.39 is 12.1 Å². The van der Waals surface area contributed by atoms with Crippen molar-refractivity contribution in [1.29, 1.82) is 0 Å². The first-order chi connectivity index (χ1) is 7.72. The zero-order chi connectivity index (χ0) is 11.8. The fourth-order valence-electron chi connectivity index (χ4n) is 0.982. The minimum Gasteiger partial charge on any atom is -0.315 e. The number of benzene rings is 1. The summed E-state index contributed by atoms with van der Waals surface area (Å²) in [5, 5.41) is 6.98. The molecule has 0 spiro atoms. The Morgan fingerprint density at radius 3 is 2.44 bits per heavy atom. The van der Waals surface area contributed by atoms with E-state index in [0.29, 0.717) is 5.69 Å². The lowest BCUT2D eigenvalue weighted by atomic mass is 10.3. The molecule has 0 aliphatic heterocycles. The van der Waals surface area contributed by atoms with Gasteiger partial charge in [0.05, 0.1) is 0 Å². The Kier molecular flexibility index (Phi) is 4.59. The van der Waals surface area contributed by atoms with Gasteiger partial charge in [0.2, 0.25) is 0 Å². The summed E-state index contributed by atoms with van der Waals surface area (Å²) in [7, 11) is 0. The molecule has 0 aliphatic carbocycles. The highest BCUT2D eigenvalue weighted by molar-refractivity contribution is 6.00. The molecule has 84 valence electrons. The Labute approximate surface area is 93.5 Å². The van der Waals surface area contributed by atoms with Crippen LogP contribution in [0.15, 0.2) is 42.6 Å². The minimum atomic E-state index is -0.577. The Balaban J connectivity index is 2.39. The van der Waals surface area contributed by atoms with Crippen LogP contribution in [0.3, 0.4) is 0 Å². The van der Waals surface area contributed by atoms with Gasteiger partial charge in [-0.2, -0.15) is 0 Å². The summed E-state index contributed by atoms with van der Waals surface area (Å²) in [5.74, 6) is 0. The molecule has 0 atom stereocenters. The number of hydrogen-bond donors (Lipinski definition) is 3. The van der Waals surface area contributed by atoms with Crippen molar-refractivity contribution in [3.05, 3.63) is 42.6 Å². The summed E-state index contributed by atoms with van der Waals surface area (Å²) >= 11 is 0. The van der Waals surface area contributed by atoms with Crippen LogP contribution in [0.5, 0.6) is 0 Å². The maximum absolute atomic E-state index is 11.3. The highest BCUT2D eigenvalue weighted by Crippen LogP contribution is 2.03. The molecule has 1 aromatic carbocycles. The molecule has 0 aliphatic rings. The highest BCUT2D eigenvalue weighted by atomic mass is 16.2. The van der Waals surface area contributed by atoms with Crippen LogP contribution in [0.2, 0.25) is 0 Å². The second kappa shape index (κ2) is 6.23. The Morgan fingerprint density at radius 1 is 1.12 bits per heavy atom. The molecule has 1 aromatic rings. The number of amides is 4. The number of carbonyl (C=O) groups is 2. The van der Waals surface area contributed by atoms with E-state index in [4.69, 9.17) is 0 Å². The van der Waals surface area contributed by atoms with Crippen molar-refractivity contribution in [3.63, 3.8) is 0 Å². The van der Waals surface area contributed by atoms with Crippen LogP contribution in [0, 0.1) is 0 Å². The number of urea groups is 2. The van der Waals surface area contributed by atoms with E-state index in [0.717, 1.165) is 0 Å². The van der Waals surface area contributed by atoms with E-state index in [1.54, 1.807) is 37.3 Å². The average molecular weight is 219 g/mol. The standard InChI is InChI=1S/C11H13N3O2/c1-2-8-12-10(15)14-11(16)13-9-6-4-3-5-7-9/h2-8H,1H3,(H3,12,13,14,15,16)/b8-2-. The lowest BCUT2D eigenvalue weighted by Crippen LogP contribution is -2.39. The predicted molar refractivity (Wildman–Crippen MR) is 61.9 cm³/mol. The molecule has 0 saturated heterocycles. The molecule has 0 fully saturated rings. The predicted octanol–water partition coefficient (Wildman–Crippen LogP) is 2.05. The van der Waals surface area contributed by atoms with Crippen LogP contribution in [-0.2, 0) is 0 Å². The summed E-state index contributed by atoms with van der Waals surface area (Å²) in [6, 6.07) is 7.71. The molecule has 0 unspecified atom stereocenters. The molecule has 0 radical (unpaired) electrons. The van der Waals surface area contributed by atoms with Gasteiger partial charge < -0.3 is 10.6 Å². The van der Waals surface area contributed by atoms with Gasteiger partial charge in [-0.05, 0) is 19.1 Å². The first-order valence-corrected chi connectivity index (χ1v) is 4.77. The van der Waals surface area contributed by atoms with Gasteiger partial charge in [-0.15, -0.1) is 0 Å². The number of allylic oxidation sites excluding steroid dienone is 1. The fraction of sp³-hybridized carbons (Fsp3) is 0.0909. The van der Waals surface area contributed by atoms with Crippen LogP contribution < -0.4 is 16.0 Å². The van der Waals surface area contributed by atoms with E-state index in [9.17, 15) is 9.59 Å². The second-order valence-corrected chi connectivity index (χ2v) is 2.92. The molecule has 1 rings (SSSR count). The summed E-state index contributed by atoms with van der Waals surface area (Å²) in [5.41, 5.74) is 0.624. The van der Waals surface area contributed by atoms with E-state index in [1.165, 1.54) is 6.20 Å². The van der Waals surface area contributed by atoms with Crippen LogP contribution >= 0.6 is 0 Å². The third kappa shape index (κ3) is 4.28. The first-order valence-electron chi connectivity index (χ1n) is 4.77. The first kappa shape index (κ1) is 11.8. The van der Waals surface area contributed by atoms with Crippen molar-refractivity contribution < 1.29 is 9.59 Å². The zero-order valence-electron chi connectivity index (χ0n) is 8.86. The molecular formula is C11H13N3O2. The molecule has 4 amide bonds. The Hall–Kier alpha value is -2.30. The maximum atomic E-state index is 11.3. The molecule has 5 heteroatoms. The summed E-state index contributed by atoms with van der Waals surface area (Å²) in [6.45, 7) is 1.75. The van der Waals surface area contributed by atoms with Gasteiger partial charge in [0.15, 0.2) is 0 Å². The van der Waals surface area contributed by atoms with Crippen LogP contribution in [0.4, 0.5) is 15.3 Å². The van der Waals surface area contributed by atoms with Crippen LogP contribution in [0.25, 0.3) is 0 Å². The third-order valence-corrected chi connectivity index (χ3v) is 1.64. The van der Waals surface area contributed by atoms with E-state index in [1.807, 2.05) is 6.07 Å². The number of carbonyl (C=O) groups excluding carboxylic acids is 2. The van der Waals surface area contributed by atoms with E-state index in [2.05, 4.69) is 16.0 Å². The largest absolute Gasteiger partial charge is 0.327 e. The number of hydrogen-bond acceptors (Lipinski definition) is 2. The summed E-state index contributed by atoms with van der Waals surface area (Å²) in [4.78, 5) is 22.3. The van der Waals surface area contributed by atoms with Gasteiger partial charge >= 0.3 is 12.1 Å². The zero-order valence-corrected chi connectivity index (χ0v) is 8.86. The van der Waals surface area contributed by atoms with Gasteiger partial charge in [-0.25, -0.2) is 9.59 Å². The number of para-hydroxylation sites is 1. The smallest absolute Gasteiger partial charge is 0.315 e. The molecule has 3 N–H and O–H groups in total. The van der Waals surface area contributed by atoms with Gasteiger partial charge in [0.25, 0.3) is 0 Å². The molecule has 5 nitrogen and oxygen atoms in total. The number of imide groups is 1. The SMILES string of the molecule is C/C=C\NC(=O)NC(=O)Nc1ccccc1. The monoisotopic (exact) mass is 219 g/mol. The molecule has 0 aromatic heterocycles. The van der Waals surface area contributed by atoms with Crippen molar-refractivity contribution >= 4 is 17.7 Å². The lowest BCUT2D eigenvalue weighted by Gasteiger charge is -2.05. The normalized spacial score (nSPS) is 9.81. The Morgan fingerprint density at radius 2 is 1.81 bits per heavy atom. The third-order valence-electron chi connectivity index (χ3n) is 1.64. The van der Waals surface area contributed by atoms with Crippen LogP contribution in [-0.4, -0.2) is 12.1 Å². The van der Waals surface area contributed by atoms with Gasteiger partial charge in [0, 0.05) is 11.9 Å². The lowest BCUT2D eigenvalue weighted by molar-refractivity contribution is 0.235. The van der Waals surface area contributed by atoms with Gasteiger partial charge in [-0.1, -0.05) is 24.3 Å². The van der Waals surface area contributed by atoms with Crippen molar-refractivity contribution in [2.24, 2.45) is 0 Å². The Bertz CT molecular complexity index is 387. The van der Waals surface area contributed by atoms with E-state index >= 15 is 0 Å². The quantitative estimate of drug-likeness (QED) is 0.712. The molecule has 0 heterocycles. The number of nitrogens with one attached hydrogen (secondary N) is 3. The molecular weight excluding hydrogens is 206 g/mol. The maximum Gasteiger partial charge on any atom is 0.327 e. The topological polar surface area (TPSA) is 70.2 Å². The number of rotatable bonds is 2. The second-order valence-electron chi connectivity index (χ2n) is 2.92. The highest BCUT2D eigenvalue weighted by Gasteiger charge is 2.04. The summed E-state index contributed by atoms with van der Waals surface area (Å²) in [6.07, 6.45) is 3.08. The van der Waals surface area contributed by atoms with Crippen molar-refractivity contribution in [3.8, 4) is 0 Å². The fourth-order valence-corrected chi connectivity index (χ4v) is 0.982. The van der Waals surface area contributed by atoms with Crippen molar-refractivity contribution in [2.45, 2.75) is 6.92 Å². The number of anilines is 1. The van der Waals surface area contributed by atoms with E-state index in [-0.39, 0.29) is 0 Å². The molecule has 0 saturated carbocycles. The van der Waals surface area contributed by atoms with Crippen molar-refractivity contribution in [2.75, 3.05) is 5.32 Å². The summed E-state index contributed by atoms with van der Waals surface area (Å²) < 4.78 is 0. The molecule has 16 heavy (non-hydrogen) atoms. The van der Waals surface area contributed by atoms with Gasteiger partial charge in [-0.3, -0.25) is 5.32 Å². The van der Waals surface area contributed by atoms with Gasteiger partial charge in [0.1, 0.15) is 0 Å². The van der Waals surface area contributed by atoms with Crippen molar-refractivity contribution in [1.82, 2.24) is 10.6 Å².